The lowest BCUT2D eigenvalue weighted by Crippen LogP contribution is -2.26. The lowest BCUT2D eigenvalue weighted by atomic mass is 10.2. The number of rotatable bonds is 5. The van der Waals surface area contributed by atoms with Crippen molar-refractivity contribution >= 4 is 11.7 Å². The first-order chi connectivity index (χ1) is 10.1. The van der Waals surface area contributed by atoms with E-state index in [1.54, 1.807) is 31.2 Å². The molecular formula is C15H18N4O2. The first-order valence-electron chi connectivity index (χ1n) is 6.45. The minimum atomic E-state index is -0.103. The molecule has 0 radical (unpaired) electrons. The lowest BCUT2D eigenvalue weighted by molar-refractivity contribution is 0.0784. The predicted octanol–water partition coefficient (Wildman–Crippen LogP) is 1.65. The number of carbonyl (C=O) groups is 1. The van der Waals surface area contributed by atoms with Gasteiger partial charge in [0, 0.05) is 19.8 Å². The number of ether oxygens (including phenoxy) is 1. The average Bonchev–Trinajstić information content (AvgIpc) is 2.54. The maximum Gasteiger partial charge on any atom is 0.255 e. The fourth-order valence-corrected chi connectivity index (χ4v) is 1.94. The van der Waals surface area contributed by atoms with Crippen molar-refractivity contribution in [1.82, 2.24) is 9.88 Å². The molecule has 3 N–H and O–H groups in total. The van der Waals surface area contributed by atoms with Gasteiger partial charge in [0.15, 0.2) is 0 Å². The van der Waals surface area contributed by atoms with Crippen LogP contribution in [0.2, 0.25) is 0 Å². The molecular weight excluding hydrogens is 268 g/mol. The molecule has 0 saturated heterocycles. The number of carbonyl (C=O) groups excluding carboxylic acids is 1. The summed E-state index contributed by atoms with van der Waals surface area (Å²) in [6, 6.07) is 11.0. The number of hydrogen-bond acceptors (Lipinski definition) is 5. The molecule has 1 aromatic carbocycles. The molecule has 110 valence electrons. The number of pyridine rings is 1. The smallest absolute Gasteiger partial charge is 0.255 e. The Bertz CT molecular complexity index is 613. The number of anilines is 1. The second kappa shape index (κ2) is 6.71. The van der Waals surface area contributed by atoms with Gasteiger partial charge >= 0.3 is 0 Å². The van der Waals surface area contributed by atoms with Crippen molar-refractivity contribution in [1.29, 1.82) is 0 Å². The normalized spacial score (nSPS) is 10.0. The van der Waals surface area contributed by atoms with E-state index in [1.165, 1.54) is 6.20 Å². The standard InChI is InChI=1S/C15H18N4O2/c1-19(10-11-4-3-5-13(8-11)21-2)15(20)12-6-7-14(18-16)17-9-12/h3-9H,10,16H2,1-2H3,(H,17,18). The zero-order valence-electron chi connectivity index (χ0n) is 12.0. The maximum absolute atomic E-state index is 12.3. The molecule has 2 aromatic rings. The molecule has 1 amide bonds. The van der Waals surface area contributed by atoms with Crippen molar-refractivity contribution < 1.29 is 9.53 Å². The van der Waals surface area contributed by atoms with Crippen LogP contribution in [0.15, 0.2) is 42.6 Å². The van der Waals surface area contributed by atoms with Crippen LogP contribution in [0.5, 0.6) is 5.75 Å². The fraction of sp³-hybridized carbons (Fsp3) is 0.200. The largest absolute Gasteiger partial charge is 0.497 e. The summed E-state index contributed by atoms with van der Waals surface area (Å²) in [5, 5.41) is 0. The van der Waals surface area contributed by atoms with Gasteiger partial charge in [-0.1, -0.05) is 12.1 Å². The molecule has 1 aromatic heterocycles. The zero-order chi connectivity index (χ0) is 15.2. The average molecular weight is 286 g/mol. The third-order valence-electron chi connectivity index (χ3n) is 3.06. The first kappa shape index (κ1) is 14.8. The van der Waals surface area contributed by atoms with Gasteiger partial charge in [0.25, 0.3) is 5.91 Å². The summed E-state index contributed by atoms with van der Waals surface area (Å²) < 4.78 is 5.17. The van der Waals surface area contributed by atoms with E-state index in [0.717, 1.165) is 11.3 Å². The SMILES string of the molecule is COc1cccc(CN(C)C(=O)c2ccc(NN)nc2)c1. The van der Waals surface area contributed by atoms with Crippen LogP contribution in [0.1, 0.15) is 15.9 Å². The molecule has 0 spiro atoms. The molecule has 0 aliphatic rings. The van der Waals surface area contributed by atoms with Crippen molar-refractivity contribution in [3.63, 3.8) is 0 Å². The van der Waals surface area contributed by atoms with Gasteiger partial charge in [-0.3, -0.25) is 4.79 Å². The van der Waals surface area contributed by atoms with Crippen LogP contribution >= 0.6 is 0 Å². The molecule has 0 atom stereocenters. The summed E-state index contributed by atoms with van der Waals surface area (Å²) >= 11 is 0. The van der Waals surface area contributed by atoms with E-state index in [-0.39, 0.29) is 5.91 Å². The number of nitrogens with one attached hydrogen (secondary N) is 1. The van der Waals surface area contributed by atoms with Crippen molar-refractivity contribution in [3.05, 3.63) is 53.7 Å². The van der Waals surface area contributed by atoms with E-state index in [2.05, 4.69) is 10.4 Å². The monoisotopic (exact) mass is 286 g/mol. The number of methoxy groups -OCH3 is 1. The van der Waals surface area contributed by atoms with Crippen LogP contribution in [-0.2, 0) is 6.54 Å². The molecule has 21 heavy (non-hydrogen) atoms. The van der Waals surface area contributed by atoms with Crippen LogP contribution in [0.25, 0.3) is 0 Å². The molecule has 6 heteroatoms. The van der Waals surface area contributed by atoms with Gasteiger partial charge in [-0.25, -0.2) is 10.8 Å². The Balaban J connectivity index is 2.07. The van der Waals surface area contributed by atoms with E-state index < -0.39 is 0 Å². The van der Waals surface area contributed by atoms with Gasteiger partial charge < -0.3 is 15.1 Å². The van der Waals surface area contributed by atoms with Gasteiger partial charge in [-0.2, -0.15) is 0 Å². The molecule has 2 rings (SSSR count). The highest BCUT2D eigenvalue weighted by Gasteiger charge is 2.12. The number of nitrogen functional groups attached to an aromatic ring is 1. The Morgan fingerprint density at radius 3 is 2.81 bits per heavy atom. The molecule has 6 nitrogen and oxygen atoms in total. The number of hydrazine groups is 1. The van der Waals surface area contributed by atoms with E-state index in [9.17, 15) is 4.79 Å². The van der Waals surface area contributed by atoms with E-state index in [1.807, 2.05) is 24.3 Å². The molecule has 0 aliphatic carbocycles. The Morgan fingerprint density at radius 2 is 2.19 bits per heavy atom. The van der Waals surface area contributed by atoms with Crippen LogP contribution in [-0.4, -0.2) is 29.9 Å². The first-order valence-corrected chi connectivity index (χ1v) is 6.45. The summed E-state index contributed by atoms with van der Waals surface area (Å²) in [7, 11) is 3.36. The number of hydrogen-bond donors (Lipinski definition) is 2. The quantitative estimate of drug-likeness (QED) is 0.645. The van der Waals surface area contributed by atoms with Gasteiger partial charge in [0.2, 0.25) is 0 Å². The highest BCUT2D eigenvalue weighted by atomic mass is 16.5. The summed E-state index contributed by atoms with van der Waals surface area (Å²) in [6.07, 6.45) is 1.50. The number of benzene rings is 1. The molecule has 0 aliphatic heterocycles. The van der Waals surface area contributed by atoms with Crippen molar-refractivity contribution in [2.45, 2.75) is 6.54 Å². The molecule has 1 heterocycles. The van der Waals surface area contributed by atoms with Gasteiger partial charge in [-0.15, -0.1) is 0 Å². The lowest BCUT2D eigenvalue weighted by Gasteiger charge is -2.17. The van der Waals surface area contributed by atoms with Gasteiger partial charge in [0.05, 0.1) is 12.7 Å². The van der Waals surface area contributed by atoms with E-state index in [4.69, 9.17) is 10.6 Å². The molecule has 0 saturated carbocycles. The Morgan fingerprint density at radius 1 is 1.38 bits per heavy atom. The summed E-state index contributed by atoms with van der Waals surface area (Å²) in [4.78, 5) is 18.0. The van der Waals surface area contributed by atoms with Gasteiger partial charge in [-0.05, 0) is 29.8 Å². The second-order valence-electron chi connectivity index (χ2n) is 4.59. The van der Waals surface area contributed by atoms with Crippen molar-refractivity contribution in [3.8, 4) is 5.75 Å². The fourth-order valence-electron chi connectivity index (χ4n) is 1.94. The van der Waals surface area contributed by atoms with Crippen molar-refractivity contribution in [2.75, 3.05) is 19.6 Å². The topological polar surface area (TPSA) is 80.5 Å². The predicted molar refractivity (Wildman–Crippen MR) is 80.8 cm³/mol. The molecule has 0 bridgehead atoms. The van der Waals surface area contributed by atoms with Gasteiger partial charge in [0.1, 0.15) is 11.6 Å². The Labute approximate surface area is 123 Å². The maximum atomic E-state index is 12.3. The molecule has 0 unspecified atom stereocenters. The number of aromatic nitrogens is 1. The minimum absolute atomic E-state index is 0.103. The summed E-state index contributed by atoms with van der Waals surface area (Å²) in [5.41, 5.74) is 3.94. The van der Waals surface area contributed by atoms with Crippen LogP contribution < -0.4 is 16.0 Å². The highest BCUT2D eigenvalue weighted by molar-refractivity contribution is 5.93. The minimum Gasteiger partial charge on any atom is -0.497 e. The van der Waals surface area contributed by atoms with E-state index >= 15 is 0 Å². The Kier molecular flexibility index (Phi) is 4.73. The number of nitrogens with two attached hydrogens (primary N) is 1. The molecule has 0 fully saturated rings. The van der Waals surface area contributed by atoms with E-state index in [0.29, 0.717) is 17.9 Å². The van der Waals surface area contributed by atoms with Crippen LogP contribution in [0, 0.1) is 0 Å². The second-order valence-corrected chi connectivity index (χ2v) is 4.59. The summed E-state index contributed by atoms with van der Waals surface area (Å²) in [5.74, 6) is 6.43. The van der Waals surface area contributed by atoms with Crippen molar-refractivity contribution in [2.24, 2.45) is 5.84 Å². The van der Waals surface area contributed by atoms with Crippen LogP contribution in [0.3, 0.4) is 0 Å². The van der Waals surface area contributed by atoms with Crippen LogP contribution in [0.4, 0.5) is 5.82 Å². The highest BCUT2D eigenvalue weighted by Crippen LogP contribution is 2.15. The Hall–Kier alpha value is -2.60. The number of amides is 1. The third-order valence-corrected chi connectivity index (χ3v) is 3.06. The zero-order valence-corrected chi connectivity index (χ0v) is 12.0. The number of nitrogens with zero attached hydrogens (tertiary/aromatic N) is 2. The summed E-state index contributed by atoms with van der Waals surface area (Å²) in [6.45, 7) is 0.493. The third kappa shape index (κ3) is 3.70.